The molecule has 1 unspecified atom stereocenters. The predicted molar refractivity (Wildman–Crippen MR) is 61.8 cm³/mol. The highest BCUT2D eigenvalue weighted by Gasteiger charge is 2.20. The Morgan fingerprint density at radius 2 is 1.94 bits per heavy atom. The monoisotopic (exact) mass is 250 g/mol. The van der Waals surface area contributed by atoms with Crippen molar-refractivity contribution >= 4 is 20.7 Å². The lowest BCUT2D eigenvalue weighted by molar-refractivity contribution is -0.122. The van der Waals surface area contributed by atoms with Crippen LogP contribution in [0.2, 0.25) is 0 Å². The van der Waals surface area contributed by atoms with Crippen molar-refractivity contribution in [3.8, 4) is 0 Å². The van der Waals surface area contributed by atoms with Crippen molar-refractivity contribution < 1.29 is 18.6 Å². The molecule has 0 aromatic rings. The lowest BCUT2D eigenvalue weighted by Crippen LogP contribution is -2.38. The van der Waals surface area contributed by atoms with E-state index in [0.29, 0.717) is 19.6 Å². The fraction of sp³-hybridized carbons (Fsp3) is 0.778. The molecule has 0 spiro atoms. The second-order valence-corrected chi connectivity index (χ2v) is 4.72. The third-order valence-corrected chi connectivity index (χ3v) is 3.33. The standard InChI is InChI=1S/C9H19N2O4P/c1-4-14-16(15-5-2)8(3)11-9(13)6-10-7-12/h7-8H,4-6H2,1-3H3,(H,10,12)(H,11,13). The fourth-order valence-electron chi connectivity index (χ4n) is 0.986. The maximum absolute atomic E-state index is 11.3. The third kappa shape index (κ3) is 6.71. The molecule has 0 fully saturated rings. The largest absolute Gasteiger partial charge is 0.350 e. The number of carbonyl (C=O) groups excluding carboxylic acids is 2. The van der Waals surface area contributed by atoms with Crippen LogP contribution in [-0.2, 0) is 18.6 Å². The topological polar surface area (TPSA) is 76.7 Å². The molecule has 7 heteroatoms. The summed E-state index contributed by atoms with van der Waals surface area (Å²) in [6.45, 7) is 6.61. The van der Waals surface area contributed by atoms with Crippen LogP contribution in [0.4, 0.5) is 0 Å². The van der Waals surface area contributed by atoms with Crippen LogP contribution in [-0.4, -0.2) is 37.9 Å². The zero-order valence-electron chi connectivity index (χ0n) is 9.86. The van der Waals surface area contributed by atoms with E-state index < -0.39 is 8.38 Å². The van der Waals surface area contributed by atoms with Gasteiger partial charge in [-0.05, 0) is 20.8 Å². The van der Waals surface area contributed by atoms with Gasteiger partial charge in [-0.3, -0.25) is 9.59 Å². The van der Waals surface area contributed by atoms with Crippen LogP contribution in [0, 0.1) is 0 Å². The molecule has 0 saturated carbocycles. The minimum absolute atomic E-state index is 0.0325. The molecule has 0 bridgehead atoms. The quantitative estimate of drug-likeness (QED) is 0.463. The summed E-state index contributed by atoms with van der Waals surface area (Å²) in [6.07, 6.45) is 0.484. The van der Waals surface area contributed by atoms with E-state index in [9.17, 15) is 9.59 Å². The van der Waals surface area contributed by atoms with E-state index in [2.05, 4.69) is 10.6 Å². The number of nitrogens with one attached hydrogen (secondary N) is 2. The summed E-state index contributed by atoms with van der Waals surface area (Å²) in [6, 6.07) is 0. The van der Waals surface area contributed by atoms with Crippen LogP contribution in [0.3, 0.4) is 0 Å². The van der Waals surface area contributed by atoms with Gasteiger partial charge in [-0.15, -0.1) is 0 Å². The van der Waals surface area contributed by atoms with Crippen molar-refractivity contribution in [2.45, 2.75) is 26.6 Å². The van der Waals surface area contributed by atoms with Gasteiger partial charge in [0.1, 0.15) is 0 Å². The van der Waals surface area contributed by atoms with Crippen LogP contribution in [0.1, 0.15) is 20.8 Å². The average molecular weight is 250 g/mol. The molecule has 94 valence electrons. The van der Waals surface area contributed by atoms with E-state index in [0.717, 1.165) is 0 Å². The van der Waals surface area contributed by atoms with Gasteiger partial charge in [-0.1, -0.05) is 0 Å². The van der Waals surface area contributed by atoms with Gasteiger partial charge in [-0.2, -0.15) is 0 Å². The molecule has 1 atom stereocenters. The summed E-state index contributed by atoms with van der Waals surface area (Å²) in [5.74, 6) is -0.456. The number of amides is 2. The van der Waals surface area contributed by atoms with Crippen LogP contribution in [0.5, 0.6) is 0 Å². The van der Waals surface area contributed by atoms with Crippen molar-refractivity contribution in [1.82, 2.24) is 10.6 Å². The summed E-state index contributed by atoms with van der Waals surface area (Å²) in [4.78, 5) is 21.3. The van der Waals surface area contributed by atoms with Crippen LogP contribution >= 0.6 is 8.38 Å². The molecule has 16 heavy (non-hydrogen) atoms. The van der Waals surface area contributed by atoms with Crippen molar-refractivity contribution in [2.24, 2.45) is 0 Å². The number of carbonyl (C=O) groups is 2. The minimum atomic E-state index is -1.12. The molecule has 0 aromatic carbocycles. The first-order chi connectivity index (χ1) is 7.65. The smallest absolute Gasteiger partial charge is 0.240 e. The highest BCUT2D eigenvalue weighted by atomic mass is 31.2. The first kappa shape index (κ1) is 15.3. The predicted octanol–water partition coefficient (Wildman–Crippen LogP) is 0.579. The van der Waals surface area contributed by atoms with Crippen molar-refractivity contribution in [3.05, 3.63) is 0 Å². The minimum Gasteiger partial charge on any atom is -0.350 e. The lowest BCUT2D eigenvalue weighted by atomic mass is 10.5. The van der Waals surface area contributed by atoms with Crippen molar-refractivity contribution in [3.63, 3.8) is 0 Å². The Morgan fingerprint density at radius 3 is 2.38 bits per heavy atom. The SMILES string of the molecule is CCOP(OCC)C(C)NC(=O)CNC=O. The van der Waals surface area contributed by atoms with Crippen LogP contribution in [0.25, 0.3) is 0 Å². The molecule has 0 aromatic heterocycles. The Kier molecular flexibility index (Phi) is 9.09. The molecule has 0 aliphatic heterocycles. The highest BCUT2D eigenvalue weighted by molar-refractivity contribution is 7.48. The van der Waals surface area contributed by atoms with E-state index >= 15 is 0 Å². The lowest BCUT2D eigenvalue weighted by Gasteiger charge is -2.23. The summed E-state index contributed by atoms with van der Waals surface area (Å²) in [7, 11) is -1.12. The average Bonchev–Trinajstić information content (AvgIpc) is 2.26. The summed E-state index contributed by atoms with van der Waals surface area (Å²) in [5, 5.41) is 4.99. The van der Waals surface area contributed by atoms with Gasteiger partial charge in [0, 0.05) is 0 Å². The zero-order chi connectivity index (χ0) is 12.4. The van der Waals surface area contributed by atoms with Crippen LogP contribution < -0.4 is 10.6 Å². The second kappa shape index (κ2) is 9.51. The Balaban J connectivity index is 4.01. The number of rotatable bonds is 9. The molecule has 6 nitrogen and oxygen atoms in total. The molecule has 0 aliphatic rings. The number of hydrogen-bond donors (Lipinski definition) is 2. The molecule has 0 rings (SSSR count). The number of hydrogen-bond acceptors (Lipinski definition) is 4. The maximum Gasteiger partial charge on any atom is 0.240 e. The molecular weight excluding hydrogens is 231 g/mol. The van der Waals surface area contributed by atoms with E-state index in [1.54, 1.807) is 0 Å². The molecule has 0 radical (unpaired) electrons. The summed E-state index contributed by atoms with van der Waals surface area (Å²) >= 11 is 0. The third-order valence-electron chi connectivity index (χ3n) is 1.54. The van der Waals surface area contributed by atoms with Gasteiger partial charge in [0.2, 0.25) is 12.3 Å². The highest BCUT2D eigenvalue weighted by Crippen LogP contribution is 2.41. The molecular formula is C9H19N2O4P. The molecule has 0 aliphatic carbocycles. The van der Waals surface area contributed by atoms with E-state index in [1.807, 2.05) is 20.8 Å². The van der Waals surface area contributed by atoms with E-state index in [1.165, 1.54) is 0 Å². The Labute approximate surface area is 97.0 Å². The van der Waals surface area contributed by atoms with Gasteiger partial charge in [-0.25, -0.2) is 0 Å². The van der Waals surface area contributed by atoms with Gasteiger partial charge in [0.05, 0.1) is 25.5 Å². The van der Waals surface area contributed by atoms with Gasteiger partial charge >= 0.3 is 0 Å². The molecule has 2 N–H and O–H groups in total. The normalized spacial score (nSPS) is 12.2. The van der Waals surface area contributed by atoms with E-state index in [-0.39, 0.29) is 18.2 Å². The Hall–Kier alpha value is -0.710. The maximum atomic E-state index is 11.3. The van der Waals surface area contributed by atoms with Gasteiger partial charge in [0.25, 0.3) is 0 Å². The van der Waals surface area contributed by atoms with Gasteiger partial charge in [0.15, 0.2) is 8.38 Å². The molecule has 0 saturated heterocycles. The summed E-state index contributed by atoms with van der Waals surface area (Å²) < 4.78 is 10.8. The van der Waals surface area contributed by atoms with Crippen molar-refractivity contribution in [1.29, 1.82) is 0 Å². The fourth-order valence-corrected chi connectivity index (χ4v) is 2.27. The van der Waals surface area contributed by atoms with Crippen molar-refractivity contribution in [2.75, 3.05) is 19.8 Å². The zero-order valence-corrected chi connectivity index (χ0v) is 10.8. The van der Waals surface area contributed by atoms with Gasteiger partial charge < -0.3 is 19.7 Å². The Bertz CT molecular complexity index is 210. The first-order valence-electron chi connectivity index (χ1n) is 5.17. The summed E-state index contributed by atoms with van der Waals surface area (Å²) in [5.41, 5.74) is 0. The second-order valence-electron chi connectivity index (χ2n) is 2.86. The van der Waals surface area contributed by atoms with Crippen LogP contribution in [0.15, 0.2) is 0 Å². The molecule has 0 heterocycles. The van der Waals surface area contributed by atoms with E-state index in [4.69, 9.17) is 9.05 Å². The molecule has 2 amide bonds. The Morgan fingerprint density at radius 1 is 1.38 bits per heavy atom. The first-order valence-corrected chi connectivity index (χ1v) is 6.41.